The standard InChI is InChI=1S/C25H48O4S/c1-23(2)17-11-9-7-5-3-4-6-8-10-14-20-29-25(28)19-13-16-22-30-21-15-12-18-24(26)27/h23H,3-22H2,1-2H3,(H,26,27). The third kappa shape index (κ3) is 25.3. The third-order valence-electron chi connectivity index (χ3n) is 5.29. The second-order valence-corrected chi connectivity index (χ2v) is 10.1. The maximum Gasteiger partial charge on any atom is 0.305 e. The summed E-state index contributed by atoms with van der Waals surface area (Å²) in [6.45, 7) is 5.19. The summed E-state index contributed by atoms with van der Waals surface area (Å²) in [6.07, 6.45) is 18.8. The number of hydrogen-bond donors (Lipinski definition) is 1. The van der Waals surface area contributed by atoms with E-state index in [9.17, 15) is 9.59 Å². The highest BCUT2D eigenvalue weighted by Gasteiger charge is 2.03. The van der Waals surface area contributed by atoms with Gasteiger partial charge >= 0.3 is 11.9 Å². The predicted molar refractivity (Wildman–Crippen MR) is 129 cm³/mol. The second kappa shape index (κ2) is 23.0. The zero-order valence-electron chi connectivity index (χ0n) is 19.8. The van der Waals surface area contributed by atoms with Crippen LogP contribution in [0.2, 0.25) is 0 Å². The first-order chi connectivity index (χ1) is 14.5. The van der Waals surface area contributed by atoms with Gasteiger partial charge in [0, 0.05) is 12.8 Å². The highest BCUT2D eigenvalue weighted by Crippen LogP contribution is 2.14. The summed E-state index contributed by atoms with van der Waals surface area (Å²) in [5.41, 5.74) is 0. The van der Waals surface area contributed by atoms with Crippen LogP contribution in [0.3, 0.4) is 0 Å². The molecule has 0 radical (unpaired) electrons. The maximum atomic E-state index is 11.7. The molecule has 0 bridgehead atoms. The van der Waals surface area contributed by atoms with Crippen molar-refractivity contribution in [1.82, 2.24) is 0 Å². The Morgan fingerprint density at radius 1 is 0.700 bits per heavy atom. The largest absolute Gasteiger partial charge is 0.481 e. The van der Waals surface area contributed by atoms with Crippen LogP contribution in [0.5, 0.6) is 0 Å². The first kappa shape index (κ1) is 29.3. The fraction of sp³-hybridized carbons (Fsp3) is 0.920. The van der Waals surface area contributed by atoms with E-state index in [1.165, 1.54) is 64.2 Å². The van der Waals surface area contributed by atoms with Gasteiger partial charge in [0.15, 0.2) is 0 Å². The summed E-state index contributed by atoms with van der Waals surface area (Å²) < 4.78 is 5.32. The summed E-state index contributed by atoms with van der Waals surface area (Å²) in [5.74, 6) is 2.13. The fourth-order valence-electron chi connectivity index (χ4n) is 3.38. The van der Waals surface area contributed by atoms with Gasteiger partial charge in [0.2, 0.25) is 0 Å². The number of thioether (sulfide) groups is 1. The summed E-state index contributed by atoms with van der Waals surface area (Å²) in [4.78, 5) is 22.1. The Morgan fingerprint density at radius 3 is 1.73 bits per heavy atom. The molecule has 30 heavy (non-hydrogen) atoms. The van der Waals surface area contributed by atoms with Crippen LogP contribution < -0.4 is 0 Å². The Morgan fingerprint density at radius 2 is 1.20 bits per heavy atom. The number of carbonyl (C=O) groups is 2. The van der Waals surface area contributed by atoms with Gasteiger partial charge in [0.25, 0.3) is 0 Å². The van der Waals surface area contributed by atoms with Crippen molar-refractivity contribution >= 4 is 23.7 Å². The minimum absolute atomic E-state index is 0.0566. The van der Waals surface area contributed by atoms with Gasteiger partial charge in [-0.15, -0.1) is 0 Å². The Balaban J connectivity index is 3.17. The van der Waals surface area contributed by atoms with Gasteiger partial charge in [-0.25, -0.2) is 0 Å². The van der Waals surface area contributed by atoms with Crippen LogP contribution in [0.4, 0.5) is 0 Å². The lowest BCUT2D eigenvalue weighted by atomic mass is 10.0. The van der Waals surface area contributed by atoms with Crippen molar-refractivity contribution in [1.29, 1.82) is 0 Å². The van der Waals surface area contributed by atoms with Crippen LogP contribution in [0, 0.1) is 5.92 Å². The molecule has 0 aliphatic rings. The average molecular weight is 445 g/mol. The number of carboxylic acid groups (broad SMARTS) is 1. The van der Waals surface area contributed by atoms with E-state index in [-0.39, 0.29) is 12.4 Å². The number of carboxylic acids is 1. The third-order valence-corrected chi connectivity index (χ3v) is 6.44. The summed E-state index contributed by atoms with van der Waals surface area (Å²) in [7, 11) is 0. The zero-order valence-corrected chi connectivity index (χ0v) is 20.6. The minimum atomic E-state index is -0.711. The van der Waals surface area contributed by atoms with Crippen molar-refractivity contribution in [3.05, 3.63) is 0 Å². The first-order valence-corrected chi connectivity index (χ1v) is 13.6. The van der Waals surface area contributed by atoms with Crippen molar-refractivity contribution in [2.24, 2.45) is 5.92 Å². The number of hydrogen-bond acceptors (Lipinski definition) is 4. The lowest BCUT2D eigenvalue weighted by Crippen LogP contribution is -2.05. The smallest absolute Gasteiger partial charge is 0.305 e. The first-order valence-electron chi connectivity index (χ1n) is 12.5. The molecule has 0 saturated carbocycles. The SMILES string of the molecule is CC(C)CCCCCCCCCCCCOC(=O)CCCCSCCCCC(=O)O. The molecule has 0 heterocycles. The quantitative estimate of drug-likeness (QED) is 0.130. The Hall–Kier alpha value is -0.710. The molecule has 0 unspecified atom stereocenters. The molecular formula is C25H48O4S. The van der Waals surface area contributed by atoms with Gasteiger partial charge < -0.3 is 9.84 Å². The molecule has 0 spiro atoms. The normalized spacial score (nSPS) is 11.2. The predicted octanol–water partition coefficient (Wildman–Crippen LogP) is 7.64. The molecule has 0 aromatic heterocycles. The van der Waals surface area contributed by atoms with Crippen LogP contribution in [0.25, 0.3) is 0 Å². The molecule has 1 N–H and O–H groups in total. The molecule has 0 atom stereocenters. The molecule has 0 aromatic rings. The molecule has 178 valence electrons. The minimum Gasteiger partial charge on any atom is -0.481 e. The van der Waals surface area contributed by atoms with Crippen molar-refractivity contribution in [3.8, 4) is 0 Å². The highest BCUT2D eigenvalue weighted by atomic mass is 32.2. The van der Waals surface area contributed by atoms with Crippen LogP contribution in [0.15, 0.2) is 0 Å². The summed E-state index contributed by atoms with van der Waals surface area (Å²) in [5, 5.41) is 8.57. The maximum absolute atomic E-state index is 11.7. The fourth-order valence-corrected chi connectivity index (χ4v) is 4.40. The van der Waals surface area contributed by atoms with Crippen LogP contribution in [0.1, 0.15) is 123 Å². The van der Waals surface area contributed by atoms with Gasteiger partial charge in [0.05, 0.1) is 6.61 Å². The Bertz CT molecular complexity index is 399. The van der Waals surface area contributed by atoms with Crippen LogP contribution in [-0.4, -0.2) is 35.2 Å². The van der Waals surface area contributed by atoms with E-state index in [2.05, 4.69) is 13.8 Å². The average Bonchev–Trinajstić information content (AvgIpc) is 2.69. The summed E-state index contributed by atoms with van der Waals surface area (Å²) >= 11 is 1.85. The lowest BCUT2D eigenvalue weighted by molar-refractivity contribution is -0.144. The lowest BCUT2D eigenvalue weighted by Gasteiger charge is -2.06. The Kier molecular flexibility index (Phi) is 22.4. The molecule has 0 fully saturated rings. The molecule has 0 saturated heterocycles. The van der Waals surface area contributed by atoms with E-state index >= 15 is 0 Å². The zero-order chi connectivity index (χ0) is 22.3. The van der Waals surface area contributed by atoms with Gasteiger partial charge in [-0.2, -0.15) is 11.8 Å². The van der Waals surface area contributed by atoms with Crippen molar-refractivity contribution in [3.63, 3.8) is 0 Å². The molecular weight excluding hydrogens is 396 g/mol. The molecule has 0 aromatic carbocycles. The van der Waals surface area contributed by atoms with Gasteiger partial charge in [-0.05, 0) is 49.5 Å². The van der Waals surface area contributed by atoms with Crippen molar-refractivity contribution in [2.45, 2.75) is 123 Å². The van der Waals surface area contributed by atoms with Crippen LogP contribution >= 0.6 is 11.8 Å². The second-order valence-electron chi connectivity index (χ2n) is 8.86. The van der Waals surface area contributed by atoms with E-state index in [0.29, 0.717) is 13.0 Å². The van der Waals surface area contributed by atoms with E-state index in [1.807, 2.05) is 11.8 Å². The molecule has 0 rings (SSSR count). The van der Waals surface area contributed by atoms with Crippen molar-refractivity contribution in [2.75, 3.05) is 18.1 Å². The molecule has 5 heteroatoms. The summed E-state index contributed by atoms with van der Waals surface area (Å²) in [6, 6.07) is 0. The topological polar surface area (TPSA) is 63.6 Å². The van der Waals surface area contributed by atoms with Gasteiger partial charge in [-0.3, -0.25) is 9.59 Å². The number of ether oxygens (including phenoxy) is 1. The van der Waals surface area contributed by atoms with E-state index in [0.717, 1.165) is 49.5 Å². The number of esters is 1. The monoisotopic (exact) mass is 444 g/mol. The van der Waals surface area contributed by atoms with Gasteiger partial charge in [0.1, 0.15) is 0 Å². The number of carbonyl (C=O) groups excluding carboxylic acids is 1. The molecule has 0 aliphatic carbocycles. The molecule has 0 amide bonds. The Labute approximate surface area is 190 Å². The van der Waals surface area contributed by atoms with Crippen LogP contribution in [-0.2, 0) is 14.3 Å². The van der Waals surface area contributed by atoms with E-state index in [1.54, 1.807) is 0 Å². The highest BCUT2D eigenvalue weighted by molar-refractivity contribution is 7.99. The number of aliphatic carboxylic acids is 1. The molecule has 0 aliphatic heterocycles. The van der Waals surface area contributed by atoms with Crippen molar-refractivity contribution < 1.29 is 19.4 Å². The number of rotatable bonds is 23. The molecule has 4 nitrogen and oxygen atoms in total. The van der Waals surface area contributed by atoms with Gasteiger partial charge in [-0.1, -0.05) is 78.1 Å². The number of unbranched alkanes of at least 4 members (excludes halogenated alkanes) is 11. The van der Waals surface area contributed by atoms with E-state index < -0.39 is 5.97 Å². The van der Waals surface area contributed by atoms with E-state index in [4.69, 9.17) is 9.84 Å².